The number of esters is 1. The lowest BCUT2D eigenvalue weighted by molar-refractivity contribution is -0.144. The quantitative estimate of drug-likeness (QED) is 0.125. The van der Waals surface area contributed by atoms with Crippen LogP contribution in [-0.4, -0.2) is 56.1 Å². The number of hydrogen-bond donors (Lipinski definition) is 0. The highest BCUT2D eigenvalue weighted by Gasteiger charge is 2.27. The van der Waals surface area contributed by atoms with E-state index >= 15 is 0 Å². The van der Waals surface area contributed by atoms with Crippen LogP contribution in [0.5, 0.6) is 11.5 Å². The first-order valence-electron chi connectivity index (χ1n) is 12.4. The first kappa shape index (κ1) is 26.7. The molecule has 0 aliphatic carbocycles. The maximum atomic E-state index is 14.0. The summed E-state index contributed by atoms with van der Waals surface area (Å²) in [5, 5.41) is 2.55. The second-order valence-electron chi connectivity index (χ2n) is 10.3. The van der Waals surface area contributed by atoms with Crippen LogP contribution in [0.4, 0.5) is 0 Å². The van der Waals surface area contributed by atoms with E-state index in [2.05, 4.69) is 19.6 Å². The molecule has 10 heteroatoms. The molecular weight excluding hydrogens is 490 g/mol. The fourth-order valence-corrected chi connectivity index (χ4v) is 5.38. The van der Waals surface area contributed by atoms with E-state index in [4.69, 9.17) is 23.9 Å². The largest absolute Gasteiger partial charge is 0.493 e. The van der Waals surface area contributed by atoms with Crippen LogP contribution in [0.15, 0.2) is 35.4 Å². The molecule has 1 aromatic carbocycles. The normalized spacial score (nSPS) is 12.8. The number of carbonyl (C=O) groups is 1. The van der Waals surface area contributed by atoms with Gasteiger partial charge in [0, 0.05) is 43.2 Å². The van der Waals surface area contributed by atoms with E-state index < -0.39 is 20.1 Å². The zero-order valence-electron chi connectivity index (χ0n) is 22.6. The highest BCUT2D eigenvalue weighted by molar-refractivity contribution is 6.76. The zero-order chi connectivity index (χ0) is 26.9. The molecule has 4 aromatic rings. The van der Waals surface area contributed by atoms with Crippen molar-refractivity contribution in [3.05, 3.63) is 40.9 Å². The highest BCUT2D eigenvalue weighted by atomic mass is 28.3. The van der Waals surface area contributed by atoms with Crippen molar-refractivity contribution < 1.29 is 23.7 Å². The fraction of sp³-hybridized carbons (Fsp3) is 0.444. The van der Waals surface area contributed by atoms with Crippen LogP contribution in [0.2, 0.25) is 25.7 Å². The van der Waals surface area contributed by atoms with Crippen LogP contribution in [0.3, 0.4) is 0 Å². The van der Waals surface area contributed by atoms with Gasteiger partial charge in [-0.3, -0.25) is 9.36 Å². The third-order valence-electron chi connectivity index (χ3n) is 6.66. The second kappa shape index (κ2) is 10.5. The molecule has 0 saturated carbocycles. The van der Waals surface area contributed by atoms with Crippen molar-refractivity contribution in [2.24, 2.45) is 0 Å². The second-order valence-corrected chi connectivity index (χ2v) is 15.9. The molecule has 0 radical (unpaired) electrons. The van der Waals surface area contributed by atoms with E-state index in [-0.39, 0.29) is 5.56 Å². The summed E-state index contributed by atoms with van der Waals surface area (Å²) in [5.41, 5.74) is 0.980. The van der Waals surface area contributed by atoms with Crippen molar-refractivity contribution in [1.29, 1.82) is 0 Å². The molecule has 0 bridgehead atoms. The van der Waals surface area contributed by atoms with Gasteiger partial charge in [0.15, 0.2) is 11.5 Å². The Labute approximate surface area is 216 Å². The van der Waals surface area contributed by atoms with Crippen LogP contribution in [0.1, 0.15) is 19.4 Å². The van der Waals surface area contributed by atoms with E-state index in [1.54, 1.807) is 25.4 Å². The smallest absolute Gasteiger partial charge is 0.328 e. The standard InChI is InChI=1S/C27H35N3O6Si/c1-8-21(27(32)35-4)30-24-17-9-10-29(16-36-11-12-37(5,6)7)25(17)28-15-20(24)18-13-22(33-2)23(34-3)14-19(18)26(30)31/h9-10,13-15,21H,8,11-12,16H2,1-7H3/t21-/m1/s1. The van der Waals surface area contributed by atoms with E-state index in [0.29, 0.717) is 53.2 Å². The van der Waals surface area contributed by atoms with Crippen molar-refractivity contribution in [1.82, 2.24) is 14.1 Å². The number of methoxy groups -OCH3 is 3. The Morgan fingerprint density at radius 1 is 1.03 bits per heavy atom. The summed E-state index contributed by atoms with van der Waals surface area (Å²) in [6.07, 6.45) is 4.02. The van der Waals surface area contributed by atoms with Crippen molar-refractivity contribution >= 4 is 46.8 Å². The number of fused-ring (bicyclic) bond motifs is 5. The summed E-state index contributed by atoms with van der Waals surface area (Å²) in [5.74, 6) is 0.450. The van der Waals surface area contributed by atoms with E-state index in [0.717, 1.165) is 16.8 Å². The molecule has 4 rings (SSSR count). The van der Waals surface area contributed by atoms with E-state index in [1.807, 2.05) is 23.8 Å². The molecule has 1 atom stereocenters. The Hall–Kier alpha value is -3.37. The maximum Gasteiger partial charge on any atom is 0.328 e. The predicted octanol–water partition coefficient (Wildman–Crippen LogP) is 4.96. The van der Waals surface area contributed by atoms with Gasteiger partial charge in [0.25, 0.3) is 5.56 Å². The summed E-state index contributed by atoms with van der Waals surface area (Å²) in [7, 11) is 3.20. The van der Waals surface area contributed by atoms with Crippen molar-refractivity contribution in [2.45, 2.75) is 51.8 Å². The zero-order valence-corrected chi connectivity index (χ0v) is 23.6. The molecule has 0 saturated heterocycles. The molecular formula is C27H35N3O6Si. The highest BCUT2D eigenvalue weighted by Crippen LogP contribution is 2.37. The first-order valence-corrected chi connectivity index (χ1v) is 16.1. The number of aromatic nitrogens is 3. The summed E-state index contributed by atoms with van der Waals surface area (Å²) < 4.78 is 25.5. The number of hydrogen-bond acceptors (Lipinski definition) is 7. The van der Waals surface area contributed by atoms with Gasteiger partial charge in [-0.25, -0.2) is 9.78 Å². The van der Waals surface area contributed by atoms with Crippen molar-refractivity contribution in [3.8, 4) is 11.5 Å². The molecule has 0 spiro atoms. The Bertz CT molecular complexity index is 1520. The SMILES string of the molecule is CC[C@H](C(=O)OC)n1c(=O)c2cc(OC)c(OC)cc2c2cnc3c(ccn3COCC[Si](C)(C)C)c21. The van der Waals surface area contributed by atoms with Crippen molar-refractivity contribution in [2.75, 3.05) is 27.9 Å². The third-order valence-corrected chi connectivity index (χ3v) is 8.37. The first-order chi connectivity index (χ1) is 17.6. The molecule has 0 fully saturated rings. The number of carbonyl (C=O) groups excluding carboxylic acids is 1. The molecule has 37 heavy (non-hydrogen) atoms. The van der Waals surface area contributed by atoms with Crippen molar-refractivity contribution in [3.63, 3.8) is 0 Å². The lowest BCUT2D eigenvalue weighted by atomic mass is 10.0. The van der Waals surface area contributed by atoms with Crippen LogP contribution in [0.25, 0.3) is 32.7 Å². The maximum absolute atomic E-state index is 14.0. The fourth-order valence-electron chi connectivity index (χ4n) is 4.63. The average Bonchev–Trinajstić information content (AvgIpc) is 3.30. The molecule has 198 valence electrons. The molecule has 0 amide bonds. The summed E-state index contributed by atoms with van der Waals surface area (Å²) in [6, 6.07) is 5.61. The number of nitrogens with zero attached hydrogens (tertiary/aromatic N) is 3. The Balaban J connectivity index is 2.00. The van der Waals surface area contributed by atoms with E-state index in [9.17, 15) is 9.59 Å². The lowest BCUT2D eigenvalue weighted by Gasteiger charge is -2.21. The lowest BCUT2D eigenvalue weighted by Crippen LogP contribution is -2.31. The van der Waals surface area contributed by atoms with Gasteiger partial charge < -0.3 is 23.5 Å². The molecule has 3 aromatic heterocycles. The Morgan fingerprint density at radius 3 is 2.30 bits per heavy atom. The molecule has 9 nitrogen and oxygen atoms in total. The van der Waals surface area contributed by atoms with Gasteiger partial charge >= 0.3 is 5.97 Å². The number of rotatable bonds is 10. The van der Waals surface area contributed by atoms with Crippen LogP contribution >= 0.6 is 0 Å². The Kier molecular flexibility index (Phi) is 7.61. The minimum absolute atomic E-state index is 0.313. The van der Waals surface area contributed by atoms with Gasteiger partial charge in [-0.15, -0.1) is 0 Å². The number of benzene rings is 1. The molecule has 0 aliphatic rings. The van der Waals surface area contributed by atoms with Gasteiger partial charge in [0.05, 0.1) is 32.2 Å². The number of pyridine rings is 2. The summed E-state index contributed by atoms with van der Waals surface area (Å²) in [4.78, 5) is 31.6. The predicted molar refractivity (Wildman–Crippen MR) is 148 cm³/mol. The monoisotopic (exact) mass is 525 g/mol. The minimum Gasteiger partial charge on any atom is -0.493 e. The summed E-state index contributed by atoms with van der Waals surface area (Å²) in [6.45, 7) is 9.83. The van der Waals surface area contributed by atoms with Crippen LogP contribution in [-0.2, 0) is 21.0 Å². The van der Waals surface area contributed by atoms with Gasteiger partial charge in [0.1, 0.15) is 18.4 Å². The van der Waals surface area contributed by atoms with Crippen LogP contribution < -0.4 is 15.0 Å². The van der Waals surface area contributed by atoms with Gasteiger partial charge in [-0.1, -0.05) is 26.6 Å². The van der Waals surface area contributed by atoms with Gasteiger partial charge in [-0.2, -0.15) is 0 Å². The van der Waals surface area contributed by atoms with Gasteiger partial charge in [0.2, 0.25) is 0 Å². The Morgan fingerprint density at radius 2 is 1.70 bits per heavy atom. The molecule has 0 unspecified atom stereocenters. The van der Waals surface area contributed by atoms with Gasteiger partial charge in [-0.05, 0) is 30.7 Å². The topological polar surface area (TPSA) is 93.8 Å². The third kappa shape index (κ3) is 4.95. The average molecular weight is 526 g/mol. The molecule has 3 heterocycles. The van der Waals surface area contributed by atoms with Crippen LogP contribution in [0, 0.1) is 0 Å². The molecule has 0 aliphatic heterocycles. The molecule has 0 N–H and O–H groups in total. The van der Waals surface area contributed by atoms with E-state index in [1.165, 1.54) is 18.8 Å². The number of ether oxygens (including phenoxy) is 4. The summed E-state index contributed by atoms with van der Waals surface area (Å²) >= 11 is 0. The minimum atomic E-state index is -1.21.